The summed E-state index contributed by atoms with van der Waals surface area (Å²) in [5.74, 6) is -2.74. The number of fused-ring (bicyclic) bond motifs is 4. The summed E-state index contributed by atoms with van der Waals surface area (Å²) < 4.78 is 51.8. The molecule has 40 heavy (non-hydrogen) atoms. The summed E-state index contributed by atoms with van der Waals surface area (Å²) >= 11 is 1.40. The fraction of sp³-hybridized carbons (Fsp3) is 0.296. The molecule has 0 radical (unpaired) electrons. The van der Waals surface area contributed by atoms with E-state index in [-0.39, 0.29) is 53.6 Å². The van der Waals surface area contributed by atoms with Crippen LogP contribution in [0, 0.1) is 11.6 Å². The summed E-state index contributed by atoms with van der Waals surface area (Å²) in [5, 5.41) is 0. The number of ether oxygens (including phenoxy) is 4. The highest BCUT2D eigenvalue weighted by molar-refractivity contribution is 7.98. The number of carbonyl (C=O) groups is 2. The minimum absolute atomic E-state index is 0.152. The molecular formula is C27H23F2N3O7S. The van der Waals surface area contributed by atoms with Crippen LogP contribution in [0.25, 0.3) is 11.3 Å². The van der Waals surface area contributed by atoms with Crippen LogP contribution in [-0.2, 0) is 26.4 Å². The van der Waals surface area contributed by atoms with Gasteiger partial charge in [-0.3, -0.25) is 9.59 Å². The van der Waals surface area contributed by atoms with Gasteiger partial charge in [-0.05, 0) is 29.7 Å². The molecule has 1 aromatic heterocycles. The highest BCUT2D eigenvalue weighted by Gasteiger charge is 2.39. The predicted molar refractivity (Wildman–Crippen MR) is 139 cm³/mol. The van der Waals surface area contributed by atoms with Crippen LogP contribution < -0.4 is 15.6 Å². The van der Waals surface area contributed by atoms with E-state index in [0.717, 1.165) is 23.6 Å². The molecule has 0 aliphatic carbocycles. The number of pyridine rings is 1. The highest BCUT2D eigenvalue weighted by atomic mass is 32.2. The van der Waals surface area contributed by atoms with E-state index in [9.17, 15) is 14.4 Å². The second kappa shape index (κ2) is 10.5. The van der Waals surface area contributed by atoms with Crippen molar-refractivity contribution in [2.45, 2.75) is 23.2 Å². The van der Waals surface area contributed by atoms with Gasteiger partial charge < -0.3 is 29.3 Å². The first-order valence-corrected chi connectivity index (χ1v) is 13.4. The molecule has 10 nitrogen and oxygen atoms in total. The van der Waals surface area contributed by atoms with Crippen LogP contribution in [0.1, 0.15) is 27.2 Å². The maximum atomic E-state index is 15.2. The van der Waals surface area contributed by atoms with Gasteiger partial charge in [-0.2, -0.15) is 0 Å². The van der Waals surface area contributed by atoms with Gasteiger partial charge in [0.15, 0.2) is 17.3 Å². The van der Waals surface area contributed by atoms with E-state index in [1.54, 1.807) is 0 Å². The number of benzene rings is 2. The molecule has 3 aliphatic rings. The van der Waals surface area contributed by atoms with Crippen molar-refractivity contribution < 1.29 is 37.3 Å². The smallest absolute Gasteiger partial charge is 0.451 e. The van der Waals surface area contributed by atoms with Crippen LogP contribution in [0.4, 0.5) is 13.6 Å². The Labute approximate surface area is 230 Å². The van der Waals surface area contributed by atoms with Crippen LogP contribution in [0.15, 0.2) is 46.1 Å². The summed E-state index contributed by atoms with van der Waals surface area (Å²) in [6, 6.07) is 9.83. The molecule has 1 fully saturated rings. The summed E-state index contributed by atoms with van der Waals surface area (Å²) in [6.07, 6.45) is -1.34. The van der Waals surface area contributed by atoms with Gasteiger partial charge in [0.25, 0.3) is 5.91 Å². The third-order valence-corrected chi connectivity index (χ3v) is 8.15. The molecule has 4 heterocycles. The number of hydrogen-bond donors (Lipinski definition) is 1. The van der Waals surface area contributed by atoms with E-state index in [1.165, 1.54) is 27.4 Å². The van der Waals surface area contributed by atoms with Crippen molar-refractivity contribution in [3.05, 3.63) is 80.6 Å². The van der Waals surface area contributed by atoms with E-state index in [0.29, 0.717) is 12.2 Å². The molecule has 1 amide bonds. The number of nitrogens with one attached hydrogen (secondary N) is 1. The molecule has 0 bridgehead atoms. The Kier molecular flexibility index (Phi) is 6.84. The zero-order valence-electron chi connectivity index (χ0n) is 21.2. The van der Waals surface area contributed by atoms with E-state index >= 15 is 8.78 Å². The number of amides is 1. The molecule has 3 aromatic rings. The lowest BCUT2D eigenvalue weighted by Crippen LogP contribution is -2.59. The van der Waals surface area contributed by atoms with Gasteiger partial charge in [-0.1, -0.05) is 18.2 Å². The Balaban J connectivity index is 1.55. The average molecular weight is 572 g/mol. The second-order valence-corrected chi connectivity index (χ2v) is 10.3. The van der Waals surface area contributed by atoms with Gasteiger partial charge in [0.2, 0.25) is 18.0 Å². The van der Waals surface area contributed by atoms with Crippen molar-refractivity contribution in [1.82, 2.24) is 9.58 Å². The first-order chi connectivity index (χ1) is 19.4. The third-order valence-electron chi connectivity index (χ3n) is 7.01. The summed E-state index contributed by atoms with van der Waals surface area (Å²) in [7, 11) is 1.11. The summed E-state index contributed by atoms with van der Waals surface area (Å²) in [5.41, 5.74) is 4.32. The molecule has 208 valence electrons. The van der Waals surface area contributed by atoms with Crippen LogP contribution in [0.2, 0.25) is 0 Å². The Bertz CT molecular complexity index is 1600. The third kappa shape index (κ3) is 4.44. The molecule has 1 atom stereocenters. The lowest BCUT2D eigenvalue weighted by Gasteiger charge is -2.42. The van der Waals surface area contributed by atoms with Gasteiger partial charge in [0.05, 0.1) is 26.0 Å². The zero-order chi connectivity index (χ0) is 28.0. The van der Waals surface area contributed by atoms with Crippen molar-refractivity contribution in [2.24, 2.45) is 0 Å². The number of methoxy groups -OCH3 is 1. The molecule has 2 aromatic carbocycles. The molecule has 0 spiro atoms. The van der Waals surface area contributed by atoms with E-state index in [1.807, 2.05) is 24.3 Å². The van der Waals surface area contributed by atoms with Crippen LogP contribution >= 0.6 is 11.8 Å². The number of carbonyl (C=O) groups excluding carboxylic acids is 2. The lowest BCUT2D eigenvalue weighted by atomic mass is 9.92. The summed E-state index contributed by atoms with van der Waals surface area (Å²) in [4.78, 5) is 41.0. The highest BCUT2D eigenvalue weighted by Crippen LogP contribution is 2.40. The van der Waals surface area contributed by atoms with Crippen molar-refractivity contribution >= 4 is 23.8 Å². The largest absolute Gasteiger partial charge is 0.510 e. The van der Waals surface area contributed by atoms with Gasteiger partial charge in [-0.15, -0.1) is 11.8 Å². The number of hydrogen-bond acceptors (Lipinski definition) is 9. The number of nitrogens with zero attached hydrogens (tertiary/aromatic N) is 2. The standard InChI is InChI=1S/C27H23F2N3O7S/c1-36-27(35)39-13-38-25-20(33)10-19(32-24(25)26(34)31-6-7-37-11-22(31)30-32)16-9-18(28)23(29)17-12-40-21-5-3-2-4-14(21)8-15(16)17/h2-5,9-10,22,30H,6-8,11-13H2,1H3. The first-order valence-electron chi connectivity index (χ1n) is 12.4. The number of halogens is 2. The molecule has 1 N–H and O–H groups in total. The van der Waals surface area contributed by atoms with Gasteiger partial charge in [0.1, 0.15) is 6.17 Å². The Hall–Kier alpha value is -4.10. The van der Waals surface area contributed by atoms with E-state index < -0.39 is 42.1 Å². The molecule has 1 saturated heterocycles. The SMILES string of the molecule is COC(=O)OCOc1c2n(c(-c3cc(F)c(F)c4c3Cc3ccccc3SC4)cc1=O)NC1COCCN1C2=O. The van der Waals surface area contributed by atoms with Gasteiger partial charge in [-0.25, -0.2) is 18.3 Å². The topological polar surface area (TPSA) is 108 Å². The predicted octanol–water partition coefficient (Wildman–Crippen LogP) is 3.46. The van der Waals surface area contributed by atoms with Gasteiger partial charge >= 0.3 is 6.16 Å². The molecular weight excluding hydrogens is 548 g/mol. The monoisotopic (exact) mass is 571 g/mol. The first kappa shape index (κ1) is 26.1. The Morgan fingerprint density at radius 1 is 1.20 bits per heavy atom. The molecule has 13 heteroatoms. The average Bonchev–Trinajstić information content (AvgIpc) is 3.16. The minimum Gasteiger partial charge on any atom is -0.451 e. The van der Waals surface area contributed by atoms with Crippen LogP contribution in [0.3, 0.4) is 0 Å². The maximum Gasteiger partial charge on any atom is 0.510 e. The Morgan fingerprint density at radius 2 is 2.02 bits per heavy atom. The molecule has 0 saturated carbocycles. The number of rotatable bonds is 4. The van der Waals surface area contributed by atoms with Crippen molar-refractivity contribution in [2.75, 3.05) is 39.1 Å². The molecule has 3 aliphatic heterocycles. The maximum absolute atomic E-state index is 15.2. The van der Waals surface area contributed by atoms with E-state index in [4.69, 9.17) is 14.2 Å². The summed E-state index contributed by atoms with van der Waals surface area (Å²) in [6.45, 7) is 0.0196. The molecule has 6 rings (SSSR count). The number of thioether (sulfide) groups is 1. The normalized spacial score (nSPS) is 17.4. The van der Waals surface area contributed by atoms with Crippen molar-refractivity contribution in [3.8, 4) is 17.0 Å². The number of morpholine rings is 1. The quantitative estimate of drug-likeness (QED) is 0.372. The fourth-order valence-corrected chi connectivity index (χ4v) is 6.22. The van der Waals surface area contributed by atoms with Crippen LogP contribution in [0.5, 0.6) is 5.75 Å². The van der Waals surface area contributed by atoms with Crippen LogP contribution in [-0.4, -0.2) is 61.5 Å². The minimum atomic E-state index is -1.07. The fourth-order valence-electron chi connectivity index (χ4n) is 5.12. The van der Waals surface area contributed by atoms with Gasteiger partial charge in [0, 0.05) is 34.4 Å². The van der Waals surface area contributed by atoms with Crippen molar-refractivity contribution in [3.63, 3.8) is 0 Å². The lowest BCUT2D eigenvalue weighted by molar-refractivity contribution is -0.00480. The number of aromatic nitrogens is 1. The second-order valence-electron chi connectivity index (χ2n) is 9.24. The Morgan fingerprint density at radius 3 is 2.85 bits per heavy atom. The molecule has 1 unspecified atom stereocenters. The van der Waals surface area contributed by atoms with E-state index in [2.05, 4.69) is 10.2 Å². The zero-order valence-corrected chi connectivity index (χ0v) is 22.0. The van der Waals surface area contributed by atoms with Crippen molar-refractivity contribution in [1.29, 1.82) is 0 Å².